The highest BCUT2D eigenvalue weighted by molar-refractivity contribution is 6.30. The standard InChI is InChI=1S/C19H29ClFNO5/c20-14-6-4-13(5-7-14)11-27-12-15(21)3-1-2-8-22-9-16(23)18(25)19(26)17(24)10-22/h4-7,15-19,23-26H,1-3,8-12H2/t15-,16-,17-,18+,19+/m0/s1. The molecular weight excluding hydrogens is 377 g/mol. The molecule has 4 N–H and O–H groups in total. The van der Waals surface area contributed by atoms with E-state index in [1.165, 1.54) is 0 Å². The molecule has 1 aromatic carbocycles. The van der Waals surface area contributed by atoms with Crippen LogP contribution >= 0.6 is 11.6 Å². The van der Waals surface area contributed by atoms with E-state index in [1.54, 1.807) is 17.0 Å². The third-order valence-corrected chi connectivity index (χ3v) is 5.00. The van der Waals surface area contributed by atoms with Crippen molar-refractivity contribution in [2.24, 2.45) is 0 Å². The Balaban J connectivity index is 1.59. The van der Waals surface area contributed by atoms with Gasteiger partial charge in [0.1, 0.15) is 18.4 Å². The summed E-state index contributed by atoms with van der Waals surface area (Å²) >= 11 is 5.81. The normalized spacial score (nSPS) is 28.1. The Morgan fingerprint density at radius 3 is 2.22 bits per heavy atom. The van der Waals surface area contributed by atoms with Crippen molar-refractivity contribution >= 4 is 11.6 Å². The molecule has 0 unspecified atom stereocenters. The van der Waals surface area contributed by atoms with Gasteiger partial charge in [0, 0.05) is 18.1 Å². The minimum absolute atomic E-state index is 0.0299. The maximum atomic E-state index is 13.9. The summed E-state index contributed by atoms with van der Waals surface area (Å²) in [7, 11) is 0. The van der Waals surface area contributed by atoms with Gasteiger partial charge in [0.2, 0.25) is 0 Å². The SMILES string of the molecule is O[C@H]1[C@H](O)[C@@H](O)CN(CCCC[C@H](F)COCc2ccc(Cl)cc2)C[C@@H]1O. The van der Waals surface area contributed by atoms with Crippen LogP contribution in [-0.4, -0.2) is 82.2 Å². The third kappa shape index (κ3) is 7.62. The van der Waals surface area contributed by atoms with Crippen LogP contribution in [0.5, 0.6) is 0 Å². The number of nitrogens with zero attached hydrogens (tertiary/aromatic N) is 1. The number of halogens is 2. The topological polar surface area (TPSA) is 93.4 Å². The number of unbranched alkanes of at least 4 members (excludes halogenated alkanes) is 1. The summed E-state index contributed by atoms with van der Waals surface area (Å²) in [4.78, 5) is 1.78. The van der Waals surface area contributed by atoms with E-state index in [-0.39, 0.29) is 19.7 Å². The number of benzene rings is 1. The lowest BCUT2D eigenvalue weighted by Gasteiger charge is -2.23. The number of ether oxygens (including phenoxy) is 1. The van der Waals surface area contributed by atoms with Crippen molar-refractivity contribution in [2.75, 3.05) is 26.2 Å². The Labute approximate surface area is 164 Å². The Morgan fingerprint density at radius 1 is 1.04 bits per heavy atom. The first kappa shape index (κ1) is 22.5. The van der Waals surface area contributed by atoms with Crippen LogP contribution in [0.25, 0.3) is 0 Å². The molecule has 2 rings (SSSR count). The zero-order valence-electron chi connectivity index (χ0n) is 15.3. The van der Waals surface area contributed by atoms with Crippen molar-refractivity contribution < 1.29 is 29.6 Å². The van der Waals surface area contributed by atoms with E-state index in [0.717, 1.165) is 5.56 Å². The summed E-state index contributed by atoms with van der Waals surface area (Å²) < 4.78 is 19.3. The van der Waals surface area contributed by atoms with Gasteiger partial charge in [-0.05, 0) is 43.5 Å². The van der Waals surface area contributed by atoms with Crippen molar-refractivity contribution in [1.82, 2.24) is 4.90 Å². The van der Waals surface area contributed by atoms with E-state index in [9.17, 15) is 24.8 Å². The molecule has 154 valence electrons. The second kappa shape index (κ2) is 11.3. The molecule has 0 amide bonds. The molecule has 1 aromatic rings. The maximum Gasteiger partial charge on any atom is 0.123 e. The van der Waals surface area contributed by atoms with E-state index in [0.29, 0.717) is 37.4 Å². The number of likely N-dealkylation sites (tertiary alicyclic amines) is 1. The van der Waals surface area contributed by atoms with E-state index < -0.39 is 30.6 Å². The second-order valence-corrected chi connectivity index (χ2v) is 7.55. The molecule has 27 heavy (non-hydrogen) atoms. The summed E-state index contributed by atoms with van der Waals surface area (Å²) in [5.74, 6) is 0. The van der Waals surface area contributed by atoms with Crippen LogP contribution < -0.4 is 0 Å². The van der Waals surface area contributed by atoms with E-state index >= 15 is 0 Å². The molecule has 1 heterocycles. The zero-order valence-corrected chi connectivity index (χ0v) is 16.0. The highest BCUT2D eigenvalue weighted by Gasteiger charge is 2.35. The predicted molar refractivity (Wildman–Crippen MR) is 100 cm³/mol. The quantitative estimate of drug-likeness (QED) is 0.460. The molecule has 0 radical (unpaired) electrons. The molecule has 0 spiro atoms. The minimum atomic E-state index is -1.36. The zero-order chi connectivity index (χ0) is 19.8. The second-order valence-electron chi connectivity index (χ2n) is 7.11. The maximum absolute atomic E-state index is 13.9. The lowest BCUT2D eigenvalue weighted by Crippen LogP contribution is -2.43. The monoisotopic (exact) mass is 405 g/mol. The molecule has 1 aliphatic heterocycles. The average molecular weight is 406 g/mol. The van der Waals surface area contributed by atoms with Crippen LogP contribution in [0.15, 0.2) is 24.3 Å². The molecule has 6 nitrogen and oxygen atoms in total. The number of rotatable bonds is 9. The van der Waals surface area contributed by atoms with E-state index in [2.05, 4.69) is 0 Å². The fourth-order valence-corrected chi connectivity index (χ4v) is 3.25. The van der Waals surface area contributed by atoms with Gasteiger partial charge in [0.25, 0.3) is 0 Å². The van der Waals surface area contributed by atoms with Crippen LogP contribution in [0.2, 0.25) is 5.02 Å². The van der Waals surface area contributed by atoms with Crippen LogP contribution in [-0.2, 0) is 11.3 Å². The summed E-state index contributed by atoms with van der Waals surface area (Å²) in [5.41, 5.74) is 0.939. The Bertz CT molecular complexity index is 533. The third-order valence-electron chi connectivity index (χ3n) is 4.75. The lowest BCUT2D eigenvalue weighted by atomic mass is 10.1. The van der Waals surface area contributed by atoms with Gasteiger partial charge in [-0.2, -0.15) is 0 Å². The van der Waals surface area contributed by atoms with Gasteiger partial charge in [-0.3, -0.25) is 4.90 Å². The van der Waals surface area contributed by atoms with Gasteiger partial charge < -0.3 is 25.2 Å². The van der Waals surface area contributed by atoms with Gasteiger partial charge in [-0.1, -0.05) is 23.7 Å². The van der Waals surface area contributed by atoms with E-state index in [4.69, 9.17) is 16.3 Å². The highest BCUT2D eigenvalue weighted by atomic mass is 35.5. The van der Waals surface area contributed by atoms with Crippen molar-refractivity contribution in [3.8, 4) is 0 Å². The number of hydrogen-bond donors (Lipinski definition) is 4. The molecule has 0 aliphatic carbocycles. The number of alkyl halides is 1. The van der Waals surface area contributed by atoms with Crippen molar-refractivity contribution in [3.63, 3.8) is 0 Å². The predicted octanol–water partition coefficient (Wildman–Crippen LogP) is 1.12. The first-order valence-electron chi connectivity index (χ1n) is 9.27. The van der Waals surface area contributed by atoms with Gasteiger partial charge >= 0.3 is 0 Å². The fraction of sp³-hybridized carbons (Fsp3) is 0.684. The number of aliphatic hydroxyl groups is 4. The molecule has 1 aliphatic rings. The van der Waals surface area contributed by atoms with E-state index in [1.807, 2.05) is 12.1 Å². The molecule has 0 saturated carbocycles. The van der Waals surface area contributed by atoms with Gasteiger partial charge in [-0.15, -0.1) is 0 Å². The van der Waals surface area contributed by atoms with Crippen LogP contribution in [0, 0.1) is 0 Å². The Morgan fingerprint density at radius 2 is 1.63 bits per heavy atom. The Kier molecular flexibility index (Phi) is 9.38. The summed E-state index contributed by atoms with van der Waals surface area (Å²) in [6.45, 7) is 1.25. The molecule has 0 bridgehead atoms. The average Bonchev–Trinajstić information content (AvgIpc) is 2.73. The molecule has 0 aromatic heterocycles. The summed E-state index contributed by atoms with van der Waals surface area (Å²) in [5, 5.41) is 39.7. The summed E-state index contributed by atoms with van der Waals surface area (Å²) in [6.07, 6.45) is -4.33. The van der Waals surface area contributed by atoms with Crippen LogP contribution in [0.3, 0.4) is 0 Å². The minimum Gasteiger partial charge on any atom is -0.389 e. The Hall–Kier alpha value is -0.800. The van der Waals surface area contributed by atoms with Crippen molar-refractivity contribution in [3.05, 3.63) is 34.9 Å². The summed E-state index contributed by atoms with van der Waals surface area (Å²) in [6, 6.07) is 7.21. The largest absolute Gasteiger partial charge is 0.389 e. The van der Waals surface area contributed by atoms with Gasteiger partial charge in [-0.25, -0.2) is 4.39 Å². The number of β-amino-alcohol motifs (C(OH)–C–C–N with tert-alkyl or cyclic N) is 2. The van der Waals surface area contributed by atoms with Gasteiger partial charge in [0.05, 0.1) is 25.4 Å². The van der Waals surface area contributed by atoms with Crippen molar-refractivity contribution in [1.29, 1.82) is 0 Å². The molecule has 8 heteroatoms. The van der Waals surface area contributed by atoms with Crippen LogP contribution in [0.1, 0.15) is 24.8 Å². The lowest BCUT2D eigenvalue weighted by molar-refractivity contribution is -0.0894. The molecular formula is C19H29ClFNO5. The molecule has 5 atom stereocenters. The fourth-order valence-electron chi connectivity index (χ4n) is 3.13. The molecule has 1 saturated heterocycles. The number of hydrogen-bond acceptors (Lipinski definition) is 6. The first-order chi connectivity index (χ1) is 12.9. The molecule has 1 fully saturated rings. The van der Waals surface area contributed by atoms with Gasteiger partial charge in [0.15, 0.2) is 0 Å². The smallest absolute Gasteiger partial charge is 0.123 e. The van der Waals surface area contributed by atoms with Crippen LogP contribution in [0.4, 0.5) is 4.39 Å². The van der Waals surface area contributed by atoms with Crippen molar-refractivity contribution in [2.45, 2.75) is 56.5 Å². The highest BCUT2D eigenvalue weighted by Crippen LogP contribution is 2.15. The first-order valence-corrected chi connectivity index (χ1v) is 9.65. The number of aliphatic hydroxyl groups excluding tert-OH is 4.